The summed E-state index contributed by atoms with van der Waals surface area (Å²) in [5.74, 6) is -3.56. The summed E-state index contributed by atoms with van der Waals surface area (Å²) in [6.45, 7) is 6.02. The van der Waals surface area contributed by atoms with Crippen LogP contribution in [0.5, 0.6) is 0 Å². The summed E-state index contributed by atoms with van der Waals surface area (Å²) < 4.78 is 31.1. The quantitative estimate of drug-likeness (QED) is 0.284. The molecule has 13 heteroatoms. The Balaban J connectivity index is 1.25. The zero-order chi connectivity index (χ0) is 36.4. The van der Waals surface area contributed by atoms with Crippen LogP contribution in [0, 0.1) is 40.4 Å². The highest BCUT2D eigenvalue weighted by Crippen LogP contribution is 2.80. The van der Waals surface area contributed by atoms with Gasteiger partial charge in [-0.2, -0.15) is 0 Å². The van der Waals surface area contributed by atoms with Gasteiger partial charge < -0.3 is 33.9 Å². The van der Waals surface area contributed by atoms with E-state index < -0.39 is 76.1 Å². The Bertz CT molecular complexity index is 1650. The van der Waals surface area contributed by atoms with Crippen LogP contribution in [0.15, 0.2) is 24.3 Å². The van der Waals surface area contributed by atoms with Gasteiger partial charge in [-0.1, -0.05) is 26.0 Å². The largest absolute Gasteiger partial charge is 0.462 e. The average Bonchev–Trinajstić information content (AvgIpc) is 3.64. The lowest BCUT2D eigenvalue weighted by Crippen LogP contribution is -2.82. The minimum Gasteiger partial charge on any atom is -0.462 e. The second-order valence-electron chi connectivity index (χ2n) is 16.3. The Morgan fingerprint density at radius 2 is 1.80 bits per heavy atom. The van der Waals surface area contributed by atoms with Gasteiger partial charge in [-0.15, -0.1) is 0 Å². The highest BCUT2D eigenvalue weighted by Gasteiger charge is 2.92. The fraction of sp³-hybridized carbons (Fsp3) is 0.737. The zero-order valence-corrected chi connectivity index (χ0v) is 30.2. The lowest BCUT2D eigenvalue weighted by Gasteiger charge is -2.69. The normalized spacial score (nSPS) is 46.4. The highest BCUT2D eigenvalue weighted by atomic mass is 16.6. The second kappa shape index (κ2) is 11.8. The molecular weight excluding hydrogens is 660 g/mol. The summed E-state index contributed by atoms with van der Waals surface area (Å²) >= 11 is 0. The van der Waals surface area contributed by atoms with Crippen LogP contribution in [0.2, 0.25) is 0 Å². The molecule has 2 heterocycles. The first-order valence-electron chi connectivity index (χ1n) is 18.4. The van der Waals surface area contributed by atoms with Crippen LogP contribution in [0.1, 0.15) is 63.2 Å². The lowest BCUT2D eigenvalue weighted by molar-refractivity contribution is -0.319. The molecule has 1 aromatic rings. The molecule has 51 heavy (non-hydrogen) atoms. The second-order valence-corrected chi connectivity index (χ2v) is 16.3. The molecule has 2 unspecified atom stereocenters. The molecule has 2 N–H and O–H groups in total. The van der Waals surface area contributed by atoms with E-state index in [1.807, 2.05) is 6.92 Å². The monoisotopic (exact) mass is 710 g/mol. The first-order chi connectivity index (χ1) is 24.3. The van der Waals surface area contributed by atoms with E-state index in [2.05, 4.69) is 4.90 Å². The summed E-state index contributed by atoms with van der Waals surface area (Å²) in [7, 11) is 4.82. The third kappa shape index (κ3) is 4.19. The molecule has 1 aromatic carbocycles. The number of carbonyl (C=O) groups excluding carboxylic acids is 4. The van der Waals surface area contributed by atoms with Gasteiger partial charge in [-0.25, -0.2) is 9.69 Å². The number of para-hydroxylation sites is 1. The van der Waals surface area contributed by atoms with Gasteiger partial charge in [0.1, 0.15) is 17.3 Å². The zero-order valence-electron chi connectivity index (χ0n) is 30.2. The maximum absolute atomic E-state index is 14.1. The van der Waals surface area contributed by atoms with Gasteiger partial charge in [-0.3, -0.25) is 19.3 Å². The van der Waals surface area contributed by atoms with Gasteiger partial charge >= 0.3 is 11.9 Å². The lowest BCUT2D eigenvalue weighted by atomic mass is 9.42. The number of benzene rings is 1. The molecule has 2 saturated heterocycles. The van der Waals surface area contributed by atoms with Crippen LogP contribution < -0.4 is 4.90 Å². The molecule has 7 bridgehead atoms. The molecule has 7 fully saturated rings. The van der Waals surface area contributed by atoms with Crippen molar-refractivity contribution in [3.05, 3.63) is 29.8 Å². The van der Waals surface area contributed by atoms with Crippen molar-refractivity contribution in [3.63, 3.8) is 0 Å². The fourth-order valence-corrected chi connectivity index (χ4v) is 13.2. The van der Waals surface area contributed by atoms with E-state index in [1.165, 1.54) is 6.92 Å². The first-order valence-corrected chi connectivity index (χ1v) is 18.4. The SMILES string of the molecule is CCN1C[C@]2(COC(=O)c3ccccc3N3C(=O)CC(C)C3=O)CC[C@H](OC(C)=O)[C@]34C1[C@@](O)([C@@H](OC)[C@H]23)[C@@]1(O)C[C@H](OC)[C@H]2C[C@@H]4[C@@H]1[C@H]2OC. The number of ether oxygens (including phenoxy) is 5. The Morgan fingerprint density at radius 1 is 1.06 bits per heavy atom. The van der Waals surface area contributed by atoms with Crippen molar-refractivity contribution in [3.8, 4) is 0 Å². The maximum Gasteiger partial charge on any atom is 0.340 e. The number of aliphatic hydroxyl groups is 2. The smallest absolute Gasteiger partial charge is 0.340 e. The number of likely N-dealkylation sites (N-methyl/N-ethyl adjacent to an activating group) is 1. The third-order valence-corrected chi connectivity index (χ3v) is 14.6. The molecule has 5 aliphatic carbocycles. The van der Waals surface area contributed by atoms with E-state index >= 15 is 0 Å². The predicted molar refractivity (Wildman–Crippen MR) is 179 cm³/mol. The molecule has 0 radical (unpaired) electrons. The average molecular weight is 711 g/mol. The topological polar surface area (TPSA) is 161 Å². The molecule has 0 aromatic heterocycles. The van der Waals surface area contributed by atoms with Gasteiger partial charge in [0.25, 0.3) is 0 Å². The number of imide groups is 1. The summed E-state index contributed by atoms with van der Waals surface area (Å²) in [5, 5.41) is 26.7. The fourth-order valence-electron chi connectivity index (χ4n) is 13.2. The number of hydrogen-bond donors (Lipinski definition) is 2. The van der Waals surface area contributed by atoms with Crippen LogP contribution in [0.4, 0.5) is 5.69 Å². The number of esters is 2. The Hall–Kier alpha value is -2.94. The molecule has 2 amide bonds. The summed E-state index contributed by atoms with van der Waals surface area (Å²) in [5.41, 5.74) is -4.83. The number of amides is 2. The molecule has 1 spiro atoms. The van der Waals surface area contributed by atoms with Crippen molar-refractivity contribution in [1.29, 1.82) is 0 Å². The van der Waals surface area contributed by atoms with Crippen LogP contribution in [0.25, 0.3) is 0 Å². The molecule has 8 rings (SSSR count). The molecule has 2 aliphatic heterocycles. The van der Waals surface area contributed by atoms with Crippen molar-refractivity contribution in [2.45, 2.75) is 94.5 Å². The molecule has 14 atom stereocenters. The number of fused-ring (bicyclic) bond motifs is 2. The number of hydrogen-bond acceptors (Lipinski definition) is 12. The summed E-state index contributed by atoms with van der Waals surface area (Å²) in [6, 6.07) is 5.85. The number of likely N-dealkylation sites (tertiary alicyclic amines) is 1. The third-order valence-electron chi connectivity index (χ3n) is 14.6. The van der Waals surface area contributed by atoms with E-state index in [-0.39, 0.29) is 60.5 Å². The van der Waals surface area contributed by atoms with Crippen LogP contribution in [-0.4, -0.2) is 122 Å². The Morgan fingerprint density at radius 3 is 2.43 bits per heavy atom. The van der Waals surface area contributed by atoms with Gasteiger partial charge in [0.2, 0.25) is 11.8 Å². The molecule has 13 nitrogen and oxygen atoms in total. The number of rotatable bonds is 9. The van der Waals surface area contributed by atoms with E-state index in [1.54, 1.807) is 52.5 Å². The highest BCUT2D eigenvalue weighted by molar-refractivity contribution is 6.22. The van der Waals surface area contributed by atoms with Crippen LogP contribution in [-0.2, 0) is 38.1 Å². The minimum absolute atomic E-state index is 0.0493. The number of methoxy groups -OCH3 is 3. The van der Waals surface area contributed by atoms with Gasteiger partial charge in [0.15, 0.2) is 0 Å². The van der Waals surface area contributed by atoms with E-state index in [9.17, 15) is 29.4 Å². The van der Waals surface area contributed by atoms with Gasteiger partial charge in [0, 0.05) is 82.1 Å². The van der Waals surface area contributed by atoms with E-state index in [0.717, 1.165) is 4.90 Å². The number of piperidine rings is 1. The number of anilines is 1. The van der Waals surface area contributed by atoms with Crippen molar-refractivity contribution < 1.29 is 53.1 Å². The summed E-state index contributed by atoms with van der Waals surface area (Å²) in [6.07, 6.45) is -0.410. The number of nitrogens with zero attached hydrogens (tertiary/aromatic N) is 2. The van der Waals surface area contributed by atoms with Crippen molar-refractivity contribution in [1.82, 2.24) is 4.90 Å². The predicted octanol–water partition coefficient (Wildman–Crippen LogP) is 1.95. The Kier molecular flexibility index (Phi) is 8.11. The molecule has 7 aliphatic rings. The molecule has 5 saturated carbocycles. The van der Waals surface area contributed by atoms with E-state index in [4.69, 9.17) is 23.7 Å². The van der Waals surface area contributed by atoms with Gasteiger partial charge in [0.05, 0.1) is 42.2 Å². The van der Waals surface area contributed by atoms with E-state index in [0.29, 0.717) is 32.4 Å². The summed E-state index contributed by atoms with van der Waals surface area (Å²) in [4.78, 5) is 56.1. The molecule has 278 valence electrons. The standard InChI is InChI=1S/C38H50N2O11/c1-7-39-17-35(18-50-33(44)21-10-8-9-11-24(21)40-27(42)14-19(2)32(40)43)13-12-26(51-20(3)41)37-23-15-22-25(47-4)16-36(45,28(23)29(22)48-5)38(46,34(37)39)31(49-6)30(35)37/h8-11,19,22-23,25-26,28-31,34,45-46H,7,12-18H2,1-6H3/t19?,22-,23-,25+,26+,28-,29+,30-,31+,34?,35+,36-,37+,38+/m1/s1. The first kappa shape index (κ1) is 35.1. The minimum atomic E-state index is -1.82. The van der Waals surface area contributed by atoms with Crippen molar-refractivity contribution >= 4 is 29.4 Å². The maximum atomic E-state index is 14.1. The van der Waals surface area contributed by atoms with Crippen LogP contribution >= 0.6 is 0 Å². The van der Waals surface area contributed by atoms with Gasteiger partial charge in [-0.05, 0) is 43.9 Å². The van der Waals surface area contributed by atoms with Crippen LogP contribution in [0.3, 0.4) is 0 Å². The van der Waals surface area contributed by atoms with Crippen molar-refractivity contribution in [2.75, 3.05) is 45.9 Å². The number of carbonyl (C=O) groups is 4. The van der Waals surface area contributed by atoms with Crippen molar-refractivity contribution in [2.24, 2.45) is 40.4 Å². The molecular formula is C38H50N2O11. The Labute approximate surface area is 297 Å².